The van der Waals surface area contributed by atoms with E-state index in [2.05, 4.69) is 23.3 Å². The van der Waals surface area contributed by atoms with E-state index in [1.165, 1.54) is 4.88 Å². The van der Waals surface area contributed by atoms with Crippen LogP contribution in [0.5, 0.6) is 11.5 Å². The molecule has 0 fully saturated rings. The van der Waals surface area contributed by atoms with Crippen molar-refractivity contribution in [1.82, 2.24) is 15.0 Å². The van der Waals surface area contributed by atoms with Gasteiger partial charge in [-0.05, 0) is 42.8 Å². The Bertz CT molecular complexity index is 1110. The van der Waals surface area contributed by atoms with Crippen molar-refractivity contribution in [1.29, 1.82) is 0 Å². The topological polar surface area (TPSA) is 69.2 Å². The third-order valence-electron chi connectivity index (χ3n) is 4.36. The fraction of sp³-hybridized carbons (Fsp3) is 0.190. The molecule has 0 bridgehead atoms. The first-order chi connectivity index (χ1) is 13.7. The zero-order valence-electron chi connectivity index (χ0n) is 15.9. The Morgan fingerprint density at radius 3 is 2.50 bits per heavy atom. The van der Waals surface area contributed by atoms with Crippen LogP contribution in [0.4, 0.5) is 5.82 Å². The number of fused-ring (bicyclic) bond motifs is 1. The smallest absolute Gasteiger partial charge is 0.163 e. The number of hydrogen-bond donors (Lipinski definition) is 1. The number of nitrogens with one attached hydrogen (secondary N) is 1. The molecule has 0 aliphatic carbocycles. The predicted octanol–water partition coefficient (Wildman–Crippen LogP) is 4.69. The summed E-state index contributed by atoms with van der Waals surface area (Å²) in [6.45, 7) is 2.69. The van der Waals surface area contributed by atoms with Crippen LogP contribution in [0.15, 0.2) is 48.8 Å². The molecular formula is C21H20N4O2S. The van der Waals surface area contributed by atoms with Gasteiger partial charge in [-0.25, -0.2) is 9.97 Å². The van der Waals surface area contributed by atoms with Gasteiger partial charge in [0.15, 0.2) is 17.3 Å². The summed E-state index contributed by atoms with van der Waals surface area (Å²) in [6.07, 6.45) is 3.50. The molecule has 6 nitrogen and oxygen atoms in total. The molecule has 4 rings (SSSR count). The van der Waals surface area contributed by atoms with Crippen LogP contribution < -0.4 is 14.8 Å². The van der Waals surface area contributed by atoms with E-state index >= 15 is 0 Å². The second-order valence-corrected chi connectivity index (χ2v) is 7.49. The van der Waals surface area contributed by atoms with Crippen molar-refractivity contribution in [2.24, 2.45) is 0 Å². The Balaban J connectivity index is 1.68. The molecule has 1 aromatic carbocycles. The molecule has 1 N–H and O–H groups in total. The molecule has 0 spiro atoms. The third kappa shape index (κ3) is 3.61. The highest BCUT2D eigenvalue weighted by Gasteiger charge is 2.12. The van der Waals surface area contributed by atoms with Gasteiger partial charge in [0.25, 0.3) is 0 Å². The van der Waals surface area contributed by atoms with Crippen molar-refractivity contribution in [3.05, 3.63) is 59.2 Å². The van der Waals surface area contributed by atoms with Crippen molar-refractivity contribution >= 4 is 27.4 Å². The van der Waals surface area contributed by atoms with E-state index in [9.17, 15) is 0 Å². The molecule has 0 amide bonds. The molecule has 3 heterocycles. The second kappa shape index (κ2) is 7.82. The number of pyridine rings is 1. The van der Waals surface area contributed by atoms with Crippen LogP contribution in [0.1, 0.15) is 10.4 Å². The molecule has 7 heteroatoms. The molecule has 4 aromatic rings. The maximum atomic E-state index is 5.40. The largest absolute Gasteiger partial charge is 0.493 e. The summed E-state index contributed by atoms with van der Waals surface area (Å²) >= 11 is 1.66. The molecule has 0 aliphatic rings. The summed E-state index contributed by atoms with van der Waals surface area (Å²) in [6, 6.07) is 11.8. The van der Waals surface area contributed by atoms with Crippen molar-refractivity contribution in [2.75, 3.05) is 19.5 Å². The number of benzene rings is 1. The third-order valence-corrected chi connectivity index (χ3v) is 5.31. The first kappa shape index (κ1) is 18.2. The summed E-state index contributed by atoms with van der Waals surface area (Å²) in [4.78, 5) is 15.8. The number of thiophene rings is 1. The average Bonchev–Trinajstić information content (AvgIpc) is 3.12. The first-order valence-corrected chi connectivity index (χ1v) is 9.63. The van der Waals surface area contributed by atoms with Crippen LogP contribution in [-0.2, 0) is 6.54 Å². The zero-order chi connectivity index (χ0) is 19.5. The quantitative estimate of drug-likeness (QED) is 0.513. The summed E-state index contributed by atoms with van der Waals surface area (Å²) in [5, 5.41) is 4.49. The van der Waals surface area contributed by atoms with Gasteiger partial charge in [-0.1, -0.05) is 6.07 Å². The second-order valence-electron chi connectivity index (χ2n) is 6.25. The lowest BCUT2D eigenvalue weighted by Gasteiger charge is -2.12. The molecule has 142 valence electrons. The van der Waals surface area contributed by atoms with Gasteiger partial charge in [-0.2, -0.15) is 0 Å². The fourth-order valence-corrected chi connectivity index (χ4v) is 3.86. The van der Waals surface area contributed by atoms with E-state index in [-0.39, 0.29) is 0 Å². The molecule has 0 aliphatic heterocycles. The number of hydrogen-bond acceptors (Lipinski definition) is 7. The van der Waals surface area contributed by atoms with Gasteiger partial charge >= 0.3 is 0 Å². The van der Waals surface area contributed by atoms with Gasteiger partial charge in [0, 0.05) is 29.4 Å². The molecule has 0 saturated carbocycles. The normalized spacial score (nSPS) is 10.8. The number of aromatic nitrogens is 3. The standard InChI is InChI=1S/C21H20N4O2S/c1-13-10-16-20(23-12-14-4-5-17(26-2)18(11-14)27-3)24-19(25-21(16)28-13)15-6-8-22-9-7-15/h4-11H,12H2,1-3H3,(H,23,24,25). The van der Waals surface area contributed by atoms with E-state index < -0.39 is 0 Å². The SMILES string of the molecule is COc1ccc(CNc2nc(-c3ccncc3)nc3sc(C)cc23)cc1OC. The lowest BCUT2D eigenvalue weighted by molar-refractivity contribution is 0.354. The van der Waals surface area contributed by atoms with Gasteiger partial charge in [-0.3, -0.25) is 4.98 Å². The summed E-state index contributed by atoms with van der Waals surface area (Å²) in [5.74, 6) is 2.92. The number of rotatable bonds is 6. The molecule has 0 unspecified atom stereocenters. The highest BCUT2D eigenvalue weighted by molar-refractivity contribution is 7.18. The number of aryl methyl sites for hydroxylation is 1. The fourth-order valence-electron chi connectivity index (χ4n) is 2.98. The lowest BCUT2D eigenvalue weighted by Crippen LogP contribution is -2.04. The maximum Gasteiger partial charge on any atom is 0.163 e. The predicted molar refractivity (Wildman–Crippen MR) is 112 cm³/mol. The van der Waals surface area contributed by atoms with Crippen LogP contribution in [-0.4, -0.2) is 29.2 Å². The molecule has 3 aromatic heterocycles. The Morgan fingerprint density at radius 2 is 1.75 bits per heavy atom. The Kier molecular flexibility index (Phi) is 5.08. The minimum absolute atomic E-state index is 0.608. The molecular weight excluding hydrogens is 372 g/mol. The van der Waals surface area contributed by atoms with E-state index in [1.54, 1.807) is 38.0 Å². The molecule has 0 saturated heterocycles. The highest BCUT2D eigenvalue weighted by Crippen LogP contribution is 2.32. The number of ether oxygens (including phenoxy) is 2. The summed E-state index contributed by atoms with van der Waals surface area (Å²) in [7, 11) is 3.27. The van der Waals surface area contributed by atoms with Crippen molar-refractivity contribution in [2.45, 2.75) is 13.5 Å². The van der Waals surface area contributed by atoms with E-state index in [4.69, 9.17) is 19.4 Å². The van der Waals surface area contributed by atoms with Crippen LogP contribution >= 0.6 is 11.3 Å². The van der Waals surface area contributed by atoms with Gasteiger partial charge in [0.2, 0.25) is 0 Å². The van der Waals surface area contributed by atoms with Crippen molar-refractivity contribution < 1.29 is 9.47 Å². The minimum atomic E-state index is 0.608. The average molecular weight is 392 g/mol. The van der Waals surface area contributed by atoms with E-state index in [0.717, 1.165) is 27.2 Å². The van der Waals surface area contributed by atoms with Crippen LogP contribution in [0.3, 0.4) is 0 Å². The van der Waals surface area contributed by atoms with Crippen LogP contribution in [0, 0.1) is 6.92 Å². The van der Waals surface area contributed by atoms with Crippen LogP contribution in [0.2, 0.25) is 0 Å². The monoisotopic (exact) mass is 392 g/mol. The van der Waals surface area contributed by atoms with Crippen LogP contribution in [0.25, 0.3) is 21.6 Å². The van der Waals surface area contributed by atoms with Gasteiger partial charge in [0.05, 0.1) is 19.6 Å². The number of methoxy groups -OCH3 is 2. The zero-order valence-corrected chi connectivity index (χ0v) is 16.7. The number of nitrogens with zero attached hydrogens (tertiary/aromatic N) is 3. The Hall–Kier alpha value is -3.19. The van der Waals surface area contributed by atoms with E-state index in [0.29, 0.717) is 23.9 Å². The lowest BCUT2D eigenvalue weighted by atomic mass is 10.2. The maximum absolute atomic E-state index is 5.40. The van der Waals surface area contributed by atoms with Crippen molar-refractivity contribution in [3.63, 3.8) is 0 Å². The highest BCUT2D eigenvalue weighted by atomic mass is 32.1. The summed E-state index contributed by atoms with van der Waals surface area (Å²) in [5.41, 5.74) is 2.01. The molecule has 28 heavy (non-hydrogen) atoms. The molecule has 0 radical (unpaired) electrons. The van der Waals surface area contributed by atoms with Gasteiger partial charge in [0.1, 0.15) is 10.6 Å². The molecule has 0 atom stereocenters. The first-order valence-electron chi connectivity index (χ1n) is 8.81. The number of anilines is 1. The summed E-state index contributed by atoms with van der Waals surface area (Å²) < 4.78 is 10.7. The minimum Gasteiger partial charge on any atom is -0.493 e. The Morgan fingerprint density at radius 1 is 0.964 bits per heavy atom. The van der Waals surface area contributed by atoms with Gasteiger partial charge < -0.3 is 14.8 Å². The van der Waals surface area contributed by atoms with E-state index in [1.807, 2.05) is 30.3 Å². The van der Waals surface area contributed by atoms with Gasteiger partial charge in [-0.15, -0.1) is 11.3 Å². The Labute approximate surface area is 167 Å². The van der Waals surface area contributed by atoms with Crippen molar-refractivity contribution in [3.8, 4) is 22.9 Å².